The number of benzene rings is 3. The Morgan fingerprint density at radius 2 is 1.47 bits per heavy atom. The molecule has 0 radical (unpaired) electrons. The minimum atomic E-state index is -4.31. The number of fused-ring (bicyclic) bond motifs is 1. The smallest absolute Gasteiger partial charge is 0.416 e. The molecule has 156 valence electrons. The van der Waals surface area contributed by atoms with E-state index in [1.807, 2.05) is 24.5 Å². The van der Waals surface area contributed by atoms with E-state index in [1.54, 1.807) is 12.1 Å². The molecule has 0 saturated carbocycles. The zero-order valence-electron chi connectivity index (χ0n) is 16.7. The Morgan fingerprint density at radius 1 is 0.833 bits per heavy atom. The second kappa shape index (κ2) is 8.64. The molecule has 30 heavy (non-hydrogen) atoms. The molecule has 0 bridgehead atoms. The van der Waals surface area contributed by atoms with Crippen molar-refractivity contribution in [1.29, 1.82) is 0 Å². The predicted molar refractivity (Wildman–Crippen MR) is 108 cm³/mol. The van der Waals surface area contributed by atoms with Gasteiger partial charge in [0, 0.05) is 0 Å². The van der Waals surface area contributed by atoms with Gasteiger partial charge in [-0.1, -0.05) is 42.5 Å². The highest BCUT2D eigenvalue weighted by atomic mass is 79.9. The molecule has 4 rings (SSSR count). The lowest BCUT2D eigenvalue weighted by Crippen LogP contribution is -3.00. The lowest BCUT2D eigenvalue weighted by Gasteiger charge is -2.07. The van der Waals surface area contributed by atoms with Crippen molar-refractivity contribution < 1.29 is 34.7 Å². The summed E-state index contributed by atoms with van der Waals surface area (Å²) < 4.78 is 42.8. The molecule has 0 aliphatic heterocycles. The van der Waals surface area contributed by atoms with Crippen LogP contribution in [0.25, 0.3) is 11.0 Å². The second-order valence-electron chi connectivity index (χ2n) is 7.48. The van der Waals surface area contributed by atoms with Crippen LogP contribution in [0, 0.1) is 13.8 Å². The maximum atomic E-state index is 12.8. The van der Waals surface area contributed by atoms with Crippen molar-refractivity contribution in [1.82, 2.24) is 4.57 Å². The van der Waals surface area contributed by atoms with Gasteiger partial charge in [-0.25, -0.2) is 9.13 Å². The van der Waals surface area contributed by atoms with Crippen molar-refractivity contribution in [2.45, 2.75) is 33.1 Å². The van der Waals surface area contributed by atoms with E-state index in [1.165, 1.54) is 16.7 Å². The maximum Gasteiger partial charge on any atom is 0.416 e. The van der Waals surface area contributed by atoms with Crippen LogP contribution in [0.5, 0.6) is 0 Å². The van der Waals surface area contributed by atoms with Gasteiger partial charge >= 0.3 is 6.18 Å². The van der Waals surface area contributed by atoms with Crippen LogP contribution in [-0.2, 0) is 19.3 Å². The molecule has 0 spiro atoms. The number of rotatable bonds is 4. The maximum absolute atomic E-state index is 12.8. The van der Waals surface area contributed by atoms with Crippen molar-refractivity contribution in [3.63, 3.8) is 0 Å². The number of aryl methyl sites for hydroxylation is 2. The topological polar surface area (TPSA) is 8.81 Å². The van der Waals surface area contributed by atoms with Crippen LogP contribution < -0.4 is 21.5 Å². The zero-order chi connectivity index (χ0) is 20.6. The molecule has 0 saturated heterocycles. The Hall–Kier alpha value is -2.60. The summed E-state index contributed by atoms with van der Waals surface area (Å²) in [4.78, 5) is 0. The summed E-state index contributed by atoms with van der Waals surface area (Å²) >= 11 is 0. The minimum absolute atomic E-state index is 0. The third kappa shape index (κ3) is 4.59. The van der Waals surface area contributed by atoms with Crippen LogP contribution in [0.3, 0.4) is 0 Å². The molecule has 3 aromatic carbocycles. The van der Waals surface area contributed by atoms with E-state index in [9.17, 15) is 13.2 Å². The SMILES string of the molecule is Cc1cc2c(cc1C)[n+](Cc1ccccc1)cn2Cc1ccc(C(F)(F)F)cc1.[Br-]. The lowest BCUT2D eigenvalue weighted by atomic mass is 10.1. The van der Waals surface area contributed by atoms with E-state index >= 15 is 0 Å². The Balaban J connectivity index is 0.00000256. The highest BCUT2D eigenvalue weighted by molar-refractivity contribution is 5.74. The van der Waals surface area contributed by atoms with Gasteiger partial charge in [-0.05, 0) is 60.4 Å². The standard InChI is InChI=1S/C24H22F3N2.BrH/c1-17-12-22-23(13-18(17)2)29(16-28(22)14-19-6-4-3-5-7-19)15-20-8-10-21(11-9-20)24(25,26)27;/h3-13,16H,14-15H2,1-2H3;1H/q+1;/p-1. The first-order valence-corrected chi connectivity index (χ1v) is 9.51. The summed E-state index contributed by atoms with van der Waals surface area (Å²) in [5.74, 6) is 0. The van der Waals surface area contributed by atoms with E-state index in [0.717, 1.165) is 35.3 Å². The largest absolute Gasteiger partial charge is 1.00 e. The normalized spacial score (nSPS) is 11.5. The summed E-state index contributed by atoms with van der Waals surface area (Å²) in [6.07, 6.45) is -2.26. The van der Waals surface area contributed by atoms with E-state index in [2.05, 4.69) is 47.2 Å². The molecule has 0 amide bonds. The van der Waals surface area contributed by atoms with E-state index in [-0.39, 0.29) is 17.0 Å². The zero-order valence-corrected chi connectivity index (χ0v) is 18.3. The van der Waals surface area contributed by atoms with Crippen LogP contribution in [0.4, 0.5) is 13.2 Å². The number of aromatic nitrogens is 2. The van der Waals surface area contributed by atoms with Crippen LogP contribution >= 0.6 is 0 Å². The average Bonchev–Trinajstić information content (AvgIpc) is 2.99. The quantitative estimate of drug-likeness (QED) is 0.402. The van der Waals surface area contributed by atoms with Crippen LogP contribution in [-0.4, -0.2) is 4.57 Å². The van der Waals surface area contributed by atoms with Crippen molar-refractivity contribution in [3.8, 4) is 0 Å². The third-order valence-electron chi connectivity index (χ3n) is 5.32. The van der Waals surface area contributed by atoms with E-state index in [0.29, 0.717) is 6.54 Å². The first kappa shape index (κ1) is 22.1. The van der Waals surface area contributed by atoms with E-state index in [4.69, 9.17) is 0 Å². The van der Waals surface area contributed by atoms with Gasteiger partial charge in [-0.15, -0.1) is 0 Å². The van der Waals surface area contributed by atoms with Crippen molar-refractivity contribution in [2.75, 3.05) is 0 Å². The number of hydrogen-bond acceptors (Lipinski definition) is 0. The molecule has 0 unspecified atom stereocenters. The molecular formula is C24H22BrF3N2. The van der Waals surface area contributed by atoms with Gasteiger partial charge in [0.25, 0.3) is 0 Å². The van der Waals surface area contributed by atoms with Crippen molar-refractivity contribution in [2.24, 2.45) is 0 Å². The van der Waals surface area contributed by atoms with Crippen molar-refractivity contribution in [3.05, 3.63) is 101 Å². The Kier molecular flexibility index (Phi) is 6.36. The minimum Gasteiger partial charge on any atom is -1.00 e. The van der Waals surface area contributed by atoms with E-state index < -0.39 is 11.7 Å². The molecule has 0 aliphatic rings. The van der Waals surface area contributed by atoms with Gasteiger partial charge < -0.3 is 17.0 Å². The number of imidazole rings is 1. The summed E-state index contributed by atoms with van der Waals surface area (Å²) in [7, 11) is 0. The number of halogens is 4. The molecule has 6 heteroatoms. The first-order chi connectivity index (χ1) is 13.8. The monoisotopic (exact) mass is 474 g/mol. The summed E-state index contributed by atoms with van der Waals surface area (Å²) in [5.41, 5.74) is 6.00. The molecule has 0 N–H and O–H groups in total. The highest BCUT2D eigenvalue weighted by Crippen LogP contribution is 2.29. The molecular weight excluding hydrogens is 453 g/mol. The number of nitrogens with zero attached hydrogens (tertiary/aromatic N) is 2. The van der Waals surface area contributed by atoms with Gasteiger partial charge in [0.05, 0.1) is 5.56 Å². The van der Waals surface area contributed by atoms with Crippen LogP contribution in [0.2, 0.25) is 0 Å². The highest BCUT2D eigenvalue weighted by Gasteiger charge is 2.30. The van der Waals surface area contributed by atoms with Gasteiger partial charge in [-0.2, -0.15) is 13.2 Å². The third-order valence-corrected chi connectivity index (χ3v) is 5.32. The molecule has 0 atom stereocenters. The summed E-state index contributed by atoms with van der Waals surface area (Å²) in [6.45, 7) is 5.42. The fourth-order valence-electron chi connectivity index (χ4n) is 3.57. The second-order valence-corrected chi connectivity index (χ2v) is 7.48. The fraction of sp³-hybridized carbons (Fsp3) is 0.208. The van der Waals surface area contributed by atoms with Gasteiger partial charge in [0.2, 0.25) is 6.33 Å². The van der Waals surface area contributed by atoms with Gasteiger partial charge in [0.1, 0.15) is 13.1 Å². The fourth-order valence-corrected chi connectivity index (χ4v) is 3.57. The average molecular weight is 475 g/mol. The Morgan fingerprint density at radius 3 is 2.10 bits per heavy atom. The molecule has 1 aromatic heterocycles. The van der Waals surface area contributed by atoms with Gasteiger partial charge in [-0.3, -0.25) is 0 Å². The number of hydrogen-bond donors (Lipinski definition) is 0. The Bertz CT molecular complexity index is 1150. The van der Waals surface area contributed by atoms with Crippen LogP contribution in [0.1, 0.15) is 27.8 Å². The predicted octanol–water partition coefficient (Wildman–Crippen LogP) is 2.67. The van der Waals surface area contributed by atoms with Crippen LogP contribution in [0.15, 0.2) is 73.1 Å². The summed E-state index contributed by atoms with van der Waals surface area (Å²) in [5, 5.41) is 0. The van der Waals surface area contributed by atoms with Gasteiger partial charge in [0.15, 0.2) is 11.0 Å². The van der Waals surface area contributed by atoms with Crippen molar-refractivity contribution >= 4 is 11.0 Å². The molecule has 4 aromatic rings. The first-order valence-electron chi connectivity index (χ1n) is 9.51. The molecule has 2 nitrogen and oxygen atoms in total. The molecule has 0 fully saturated rings. The molecule has 0 aliphatic carbocycles. The molecule has 1 heterocycles. The summed E-state index contributed by atoms with van der Waals surface area (Å²) in [6, 6.07) is 19.9. The lowest BCUT2D eigenvalue weighted by molar-refractivity contribution is -0.663. The number of alkyl halides is 3. The Labute approximate surface area is 184 Å².